The van der Waals surface area contributed by atoms with E-state index in [2.05, 4.69) is 17.0 Å². The van der Waals surface area contributed by atoms with Gasteiger partial charge in [0.15, 0.2) is 6.61 Å². The zero-order valence-electron chi connectivity index (χ0n) is 14.7. The van der Waals surface area contributed by atoms with Gasteiger partial charge in [-0.1, -0.05) is 35.9 Å². The summed E-state index contributed by atoms with van der Waals surface area (Å²) < 4.78 is 5.51. The lowest BCUT2D eigenvalue weighted by atomic mass is 9.89. The summed E-state index contributed by atoms with van der Waals surface area (Å²) in [6.45, 7) is 3.87. The van der Waals surface area contributed by atoms with E-state index in [1.807, 2.05) is 41.3 Å². The number of nitrogens with zero attached hydrogens (tertiary/aromatic N) is 2. The largest absolute Gasteiger partial charge is 0.482 e. The number of ether oxygens (including phenoxy) is 1. The lowest BCUT2D eigenvalue weighted by Crippen LogP contribution is -2.44. The standard InChI is InChI=1S/C21H23ClN2O2/c22-18-7-5-16(6-8-18)17-9-11-23(12-10-17)13-14-24-19-3-1-2-4-20(19)26-15-21(24)25/h1-8,17H,9-15H2. The first-order valence-corrected chi connectivity index (χ1v) is 9.58. The smallest absolute Gasteiger partial charge is 0.265 e. The van der Waals surface area contributed by atoms with E-state index in [1.165, 1.54) is 5.56 Å². The summed E-state index contributed by atoms with van der Waals surface area (Å²) >= 11 is 5.99. The SMILES string of the molecule is O=C1COc2ccccc2N1CCN1CCC(c2ccc(Cl)cc2)CC1. The predicted octanol–water partition coefficient (Wildman–Crippen LogP) is 3.95. The van der Waals surface area contributed by atoms with Crippen molar-refractivity contribution in [3.05, 3.63) is 59.1 Å². The van der Waals surface area contributed by atoms with Gasteiger partial charge in [0.25, 0.3) is 5.91 Å². The summed E-state index contributed by atoms with van der Waals surface area (Å²) in [7, 11) is 0. The Balaban J connectivity index is 1.33. The molecule has 0 atom stereocenters. The van der Waals surface area contributed by atoms with Crippen molar-refractivity contribution in [2.45, 2.75) is 18.8 Å². The summed E-state index contributed by atoms with van der Waals surface area (Å²) in [5, 5.41) is 0.793. The molecule has 1 amide bonds. The number of carbonyl (C=O) groups is 1. The van der Waals surface area contributed by atoms with Crippen LogP contribution >= 0.6 is 11.6 Å². The number of hydrogen-bond donors (Lipinski definition) is 0. The number of benzene rings is 2. The van der Waals surface area contributed by atoms with Gasteiger partial charge in [-0.05, 0) is 61.7 Å². The lowest BCUT2D eigenvalue weighted by molar-refractivity contribution is -0.121. The zero-order chi connectivity index (χ0) is 17.9. The fraction of sp³-hybridized carbons (Fsp3) is 0.381. The molecular formula is C21H23ClN2O2. The van der Waals surface area contributed by atoms with Crippen molar-refractivity contribution >= 4 is 23.2 Å². The summed E-state index contributed by atoms with van der Waals surface area (Å²) in [6, 6.07) is 16.0. The monoisotopic (exact) mass is 370 g/mol. The maximum absolute atomic E-state index is 12.3. The predicted molar refractivity (Wildman–Crippen MR) is 104 cm³/mol. The van der Waals surface area contributed by atoms with Crippen molar-refractivity contribution in [1.29, 1.82) is 0 Å². The number of piperidine rings is 1. The lowest BCUT2D eigenvalue weighted by Gasteiger charge is -2.35. The zero-order valence-corrected chi connectivity index (χ0v) is 15.5. The van der Waals surface area contributed by atoms with E-state index in [0.717, 1.165) is 48.9 Å². The van der Waals surface area contributed by atoms with Gasteiger partial charge in [-0.3, -0.25) is 4.79 Å². The average Bonchev–Trinajstić information content (AvgIpc) is 2.68. The Bertz CT molecular complexity index is 770. The Morgan fingerprint density at radius 1 is 1.00 bits per heavy atom. The number of para-hydroxylation sites is 2. The minimum atomic E-state index is 0.0414. The molecule has 0 spiro atoms. The molecule has 0 aromatic heterocycles. The molecule has 2 aromatic carbocycles. The highest BCUT2D eigenvalue weighted by molar-refractivity contribution is 6.30. The molecule has 0 unspecified atom stereocenters. The van der Waals surface area contributed by atoms with Crippen LogP contribution in [-0.4, -0.2) is 43.6 Å². The maximum atomic E-state index is 12.3. The summed E-state index contributed by atoms with van der Waals surface area (Å²) in [6.07, 6.45) is 2.30. The van der Waals surface area contributed by atoms with Gasteiger partial charge in [-0.25, -0.2) is 0 Å². The Labute approximate surface area is 159 Å². The van der Waals surface area contributed by atoms with Gasteiger partial charge in [-0.2, -0.15) is 0 Å². The van der Waals surface area contributed by atoms with Crippen LogP contribution in [0.25, 0.3) is 0 Å². The molecule has 0 bridgehead atoms. The van der Waals surface area contributed by atoms with Crippen molar-refractivity contribution < 1.29 is 9.53 Å². The van der Waals surface area contributed by atoms with Gasteiger partial charge in [0, 0.05) is 18.1 Å². The molecule has 0 N–H and O–H groups in total. The molecule has 2 aromatic rings. The van der Waals surface area contributed by atoms with E-state index in [-0.39, 0.29) is 12.5 Å². The van der Waals surface area contributed by atoms with Gasteiger partial charge in [0.2, 0.25) is 0 Å². The number of anilines is 1. The van der Waals surface area contributed by atoms with Gasteiger partial charge >= 0.3 is 0 Å². The second-order valence-electron chi connectivity index (χ2n) is 6.97. The van der Waals surface area contributed by atoms with Crippen LogP contribution in [0.5, 0.6) is 5.75 Å². The fourth-order valence-corrected chi connectivity index (χ4v) is 3.99. The van der Waals surface area contributed by atoms with Gasteiger partial charge in [0.1, 0.15) is 5.75 Å². The van der Waals surface area contributed by atoms with E-state index in [9.17, 15) is 4.79 Å². The number of rotatable bonds is 4. The van der Waals surface area contributed by atoms with Crippen LogP contribution in [0.15, 0.2) is 48.5 Å². The third-order valence-electron chi connectivity index (χ3n) is 5.38. The first-order valence-electron chi connectivity index (χ1n) is 9.21. The van der Waals surface area contributed by atoms with Crippen molar-refractivity contribution in [2.24, 2.45) is 0 Å². The highest BCUT2D eigenvalue weighted by Gasteiger charge is 2.26. The van der Waals surface area contributed by atoms with Crippen molar-refractivity contribution in [3.63, 3.8) is 0 Å². The minimum Gasteiger partial charge on any atom is -0.482 e. The van der Waals surface area contributed by atoms with E-state index in [1.54, 1.807) is 0 Å². The molecule has 2 heterocycles. The first-order chi connectivity index (χ1) is 12.7. The Hall–Kier alpha value is -2.04. The van der Waals surface area contributed by atoms with Crippen molar-refractivity contribution in [2.75, 3.05) is 37.7 Å². The summed E-state index contributed by atoms with van der Waals surface area (Å²) in [5.74, 6) is 1.45. The van der Waals surface area contributed by atoms with Crippen molar-refractivity contribution in [3.8, 4) is 5.75 Å². The van der Waals surface area contributed by atoms with Gasteiger partial charge in [0.05, 0.1) is 5.69 Å². The summed E-state index contributed by atoms with van der Waals surface area (Å²) in [5.41, 5.74) is 2.27. The van der Waals surface area contributed by atoms with Crippen LogP contribution in [0.1, 0.15) is 24.3 Å². The molecule has 26 heavy (non-hydrogen) atoms. The molecule has 1 fully saturated rings. The highest BCUT2D eigenvalue weighted by Crippen LogP contribution is 2.32. The molecule has 0 radical (unpaired) electrons. The van der Waals surface area contributed by atoms with Gasteiger partial charge < -0.3 is 14.5 Å². The van der Waals surface area contributed by atoms with Crippen LogP contribution < -0.4 is 9.64 Å². The van der Waals surface area contributed by atoms with Gasteiger partial charge in [-0.15, -0.1) is 0 Å². The van der Waals surface area contributed by atoms with E-state index in [0.29, 0.717) is 12.5 Å². The molecular weight excluding hydrogens is 348 g/mol. The van der Waals surface area contributed by atoms with E-state index >= 15 is 0 Å². The molecule has 2 aliphatic heterocycles. The third kappa shape index (κ3) is 3.71. The number of halogens is 1. The number of carbonyl (C=O) groups excluding carboxylic acids is 1. The number of likely N-dealkylation sites (tertiary alicyclic amines) is 1. The maximum Gasteiger partial charge on any atom is 0.265 e. The Kier molecular flexibility index (Phi) is 5.14. The van der Waals surface area contributed by atoms with Crippen LogP contribution in [0, 0.1) is 0 Å². The molecule has 4 nitrogen and oxygen atoms in total. The average molecular weight is 371 g/mol. The quantitative estimate of drug-likeness (QED) is 0.817. The molecule has 2 aliphatic rings. The molecule has 0 saturated carbocycles. The molecule has 5 heteroatoms. The normalized spacial score (nSPS) is 18.5. The highest BCUT2D eigenvalue weighted by atomic mass is 35.5. The topological polar surface area (TPSA) is 32.8 Å². The molecule has 136 valence electrons. The van der Waals surface area contributed by atoms with Crippen molar-refractivity contribution in [1.82, 2.24) is 4.90 Å². The second-order valence-corrected chi connectivity index (χ2v) is 7.41. The van der Waals surface area contributed by atoms with Crippen LogP contribution in [0.4, 0.5) is 5.69 Å². The van der Waals surface area contributed by atoms with Crippen LogP contribution in [0.2, 0.25) is 5.02 Å². The second kappa shape index (κ2) is 7.68. The third-order valence-corrected chi connectivity index (χ3v) is 5.63. The molecule has 0 aliphatic carbocycles. The summed E-state index contributed by atoms with van der Waals surface area (Å²) in [4.78, 5) is 16.6. The number of fused-ring (bicyclic) bond motifs is 1. The van der Waals surface area contributed by atoms with Crippen LogP contribution in [-0.2, 0) is 4.79 Å². The number of hydrogen-bond acceptors (Lipinski definition) is 3. The van der Waals surface area contributed by atoms with Crippen LogP contribution in [0.3, 0.4) is 0 Å². The first kappa shape index (κ1) is 17.4. The number of amides is 1. The molecule has 4 rings (SSSR count). The fourth-order valence-electron chi connectivity index (χ4n) is 3.87. The minimum absolute atomic E-state index is 0.0414. The van der Waals surface area contributed by atoms with E-state index in [4.69, 9.17) is 16.3 Å². The molecule has 1 saturated heterocycles. The Morgan fingerprint density at radius 3 is 2.50 bits per heavy atom. The van der Waals surface area contributed by atoms with E-state index < -0.39 is 0 Å². The Morgan fingerprint density at radius 2 is 1.73 bits per heavy atom.